The van der Waals surface area contributed by atoms with Gasteiger partial charge in [0, 0.05) is 24.6 Å². The molecule has 0 unspecified atom stereocenters. The topological polar surface area (TPSA) is 70.1 Å². The Balaban J connectivity index is 2.26. The van der Waals surface area contributed by atoms with Crippen LogP contribution in [0.3, 0.4) is 0 Å². The Hall–Kier alpha value is -1.36. The Morgan fingerprint density at radius 1 is 1.20 bits per heavy atom. The number of hydrogen-bond donors (Lipinski definition) is 3. The summed E-state index contributed by atoms with van der Waals surface area (Å²) < 4.78 is 0. The molecule has 0 bridgehead atoms. The summed E-state index contributed by atoms with van der Waals surface area (Å²) in [6.45, 7) is 8.84. The van der Waals surface area contributed by atoms with Crippen LogP contribution in [-0.4, -0.2) is 34.3 Å². The van der Waals surface area contributed by atoms with E-state index >= 15 is 0 Å². The van der Waals surface area contributed by atoms with Gasteiger partial charge in [-0.25, -0.2) is 9.97 Å². The molecule has 5 nitrogen and oxygen atoms in total. The highest BCUT2D eigenvalue weighted by Crippen LogP contribution is 2.32. The quantitative estimate of drug-likeness (QED) is 0.789. The monoisotopic (exact) mass is 278 g/mol. The molecular weight excluding hydrogens is 252 g/mol. The minimum atomic E-state index is -0.556. The maximum absolute atomic E-state index is 10.2. The minimum Gasteiger partial charge on any atom is -0.388 e. The fourth-order valence-corrected chi connectivity index (χ4v) is 2.28. The molecule has 0 aliphatic heterocycles. The molecule has 0 spiro atoms. The third kappa shape index (κ3) is 3.03. The Labute approximate surface area is 121 Å². The first-order valence-corrected chi connectivity index (χ1v) is 7.28. The zero-order chi connectivity index (χ0) is 15.0. The van der Waals surface area contributed by atoms with Gasteiger partial charge in [0.1, 0.15) is 17.5 Å². The van der Waals surface area contributed by atoms with Gasteiger partial charge in [0.25, 0.3) is 0 Å². The number of aromatic nitrogens is 2. The van der Waals surface area contributed by atoms with Gasteiger partial charge in [-0.2, -0.15) is 0 Å². The van der Waals surface area contributed by atoms with Crippen molar-refractivity contribution in [1.29, 1.82) is 0 Å². The lowest BCUT2D eigenvalue weighted by Crippen LogP contribution is -2.43. The standard InChI is InChI=1S/C15H26N4O/c1-10-11(16-5)18-13(14(2,3)4)19-12(10)17-9-15(20)7-6-8-15/h20H,6-9H2,1-5H3,(H2,16,17,18,19). The molecule has 3 N–H and O–H groups in total. The molecule has 1 aliphatic carbocycles. The Morgan fingerprint density at radius 3 is 2.25 bits per heavy atom. The molecule has 1 aromatic rings. The predicted molar refractivity (Wildman–Crippen MR) is 82.3 cm³/mol. The van der Waals surface area contributed by atoms with Gasteiger partial charge in [-0.1, -0.05) is 20.8 Å². The number of anilines is 2. The van der Waals surface area contributed by atoms with Crippen molar-refractivity contribution in [2.45, 2.75) is 58.0 Å². The van der Waals surface area contributed by atoms with Crippen molar-refractivity contribution in [2.24, 2.45) is 0 Å². The van der Waals surface area contributed by atoms with Gasteiger partial charge >= 0.3 is 0 Å². The third-order valence-electron chi connectivity index (χ3n) is 3.92. The van der Waals surface area contributed by atoms with Crippen LogP contribution in [0.25, 0.3) is 0 Å². The van der Waals surface area contributed by atoms with E-state index in [-0.39, 0.29) is 5.41 Å². The van der Waals surface area contributed by atoms with Crippen molar-refractivity contribution >= 4 is 11.6 Å². The lowest BCUT2D eigenvalue weighted by Gasteiger charge is -2.37. The molecule has 1 aliphatic rings. The number of hydrogen-bond acceptors (Lipinski definition) is 5. The molecule has 1 fully saturated rings. The van der Waals surface area contributed by atoms with Gasteiger partial charge in [-0.15, -0.1) is 0 Å². The summed E-state index contributed by atoms with van der Waals surface area (Å²) in [6.07, 6.45) is 2.85. The van der Waals surface area contributed by atoms with Gasteiger partial charge in [0.15, 0.2) is 0 Å². The average molecular weight is 278 g/mol. The van der Waals surface area contributed by atoms with Crippen molar-refractivity contribution in [2.75, 3.05) is 24.2 Å². The van der Waals surface area contributed by atoms with Crippen LogP contribution >= 0.6 is 0 Å². The zero-order valence-corrected chi connectivity index (χ0v) is 13.2. The van der Waals surface area contributed by atoms with Crippen molar-refractivity contribution < 1.29 is 5.11 Å². The van der Waals surface area contributed by atoms with Gasteiger partial charge in [-0.3, -0.25) is 0 Å². The van der Waals surface area contributed by atoms with E-state index in [0.717, 1.165) is 42.3 Å². The second-order valence-electron chi connectivity index (χ2n) is 6.80. The molecule has 5 heteroatoms. The second kappa shape index (κ2) is 5.20. The molecule has 112 valence electrons. The molecule has 1 aromatic heterocycles. The normalized spacial score (nSPS) is 17.5. The molecule has 0 atom stereocenters. The maximum atomic E-state index is 10.2. The van der Waals surface area contributed by atoms with E-state index in [1.54, 1.807) is 0 Å². The van der Waals surface area contributed by atoms with Crippen LogP contribution < -0.4 is 10.6 Å². The summed E-state index contributed by atoms with van der Waals surface area (Å²) in [7, 11) is 1.87. The number of aliphatic hydroxyl groups is 1. The molecule has 0 saturated heterocycles. The molecule has 0 amide bonds. The van der Waals surface area contributed by atoms with Crippen molar-refractivity contribution in [3.8, 4) is 0 Å². The van der Waals surface area contributed by atoms with Crippen molar-refractivity contribution in [3.63, 3.8) is 0 Å². The summed E-state index contributed by atoms with van der Waals surface area (Å²) >= 11 is 0. The maximum Gasteiger partial charge on any atom is 0.138 e. The Kier molecular flexibility index (Phi) is 3.91. The van der Waals surface area contributed by atoms with Crippen molar-refractivity contribution in [3.05, 3.63) is 11.4 Å². The number of nitrogens with zero attached hydrogens (tertiary/aromatic N) is 2. The SMILES string of the molecule is CNc1nc(C(C)(C)C)nc(NCC2(O)CCC2)c1C. The highest BCUT2D eigenvalue weighted by Gasteiger charge is 2.34. The van der Waals surface area contributed by atoms with E-state index in [2.05, 4.69) is 41.4 Å². The van der Waals surface area contributed by atoms with E-state index in [9.17, 15) is 5.11 Å². The molecule has 1 saturated carbocycles. The Morgan fingerprint density at radius 2 is 1.80 bits per heavy atom. The first-order chi connectivity index (χ1) is 9.25. The predicted octanol–water partition coefficient (Wildman–Crippen LogP) is 2.45. The van der Waals surface area contributed by atoms with Crippen LogP contribution in [0.5, 0.6) is 0 Å². The molecule has 2 rings (SSSR count). The van der Waals surface area contributed by atoms with Crippen LogP contribution in [0.15, 0.2) is 0 Å². The highest BCUT2D eigenvalue weighted by molar-refractivity contribution is 5.57. The molecule has 0 radical (unpaired) electrons. The van der Waals surface area contributed by atoms with Crippen LogP contribution in [0.1, 0.15) is 51.4 Å². The molecule has 0 aromatic carbocycles. The average Bonchev–Trinajstić information content (AvgIpc) is 2.34. The molecule has 20 heavy (non-hydrogen) atoms. The summed E-state index contributed by atoms with van der Waals surface area (Å²) in [5.41, 5.74) is 0.325. The highest BCUT2D eigenvalue weighted by atomic mass is 16.3. The lowest BCUT2D eigenvalue weighted by molar-refractivity contribution is -0.0202. The lowest BCUT2D eigenvalue weighted by atomic mass is 9.80. The van der Waals surface area contributed by atoms with Gasteiger partial charge in [0.2, 0.25) is 0 Å². The minimum absolute atomic E-state index is 0.108. The van der Waals surface area contributed by atoms with E-state index in [1.807, 2.05) is 14.0 Å². The fourth-order valence-electron chi connectivity index (χ4n) is 2.28. The van der Waals surface area contributed by atoms with Gasteiger partial charge in [-0.05, 0) is 26.2 Å². The Bertz CT molecular complexity index is 489. The third-order valence-corrected chi connectivity index (χ3v) is 3.92. The van der Waals surface area contributed by atoms with Gasteiger partial charge in [0.05, 0.1) is 5.60 Å². The fraction of sp³-hybridized carbons (Fsp3) is 0.733. The zero-order valence-electron chi connectivity index (χ0n) is 13.2. The summed E-state index contributed by atoms with van der Waals surface area (Å²) in [5.74, 6) is 2.46. The van der Waals surface area contributed by atoms with E-state index in [4.69, 9.17) is 0 Å². The largest absolute Gasteiger partial charge is 0.388 e. The van der Waals surface area contributed by atoms with Crippen LogP contribution in [-0.2, 0) is 5.41 Å². The van der Waals surface area contributed by atoms with Crippen LogP contribution in [0.2, 0.25) is 0 Å². The number of nitrogens with one attached hydrogen (secondary N) is 2. The number of rotatable bonds is 4. The van der Waals surface area contributed by atoms with Crippen LogP contribution in [0, 0.1) is 6.92 Å². The smallest absolute Gasteiger partial charge is 0.138 e. The van der Waals surface area contributed by atoms with Crippen molar-refractivity contribution in [1.82, 2.24) is 9.97 Å². The molecule has 1 heterocycles. The first kappa shape index (κ1) is 15.0. The summed E-state index contributed by atoms with van der Waals surface area (Å²) in [5, 5.41) is 16.6. The first-order valence-electron chi connectivity index (χ1n) is 7.28. The van der Waals surface area contributed by atoms with E-state index in [1.165, 1.54) is 0 Å². The van der Waals surface area contributed by atoms with Crippen LogP contribution in [0.4, 0.5) is 11.6 Å². The van der Waals surface area contributed by atoms with E-state index < -0.39 is 5.60 Å². The van der Waals surface area contributed by atoms with Gasteiger partial charge < -0.3 is 15.7 Å². The summed E-state index contributed by atoms with van der Waals surface area (Å²) in [4.78, 5) is 9.22. The second-order valence-corrected chi connectivity index (χ2v) is 6.80. The van der Waals surface area contributed by atoms with E-state index in [0.29, 0.717) is 6.54 Å². The molecular formula is C15H26N4O. The summed E-state index contributed by atoms with van der Waals surface area (Å²) in [6, 6.07) is 0.